The van der Waals surface area contributed by atoms with Crippen molar-refractivity contribution in [1.29, 1.82) is 0 Å². The van der Waals surface area contributed by atoms with Crippen LogP contribution in [0, 0.1) is 0 Å². The Morgan fingerprint density at radius 2 is 1.79 bits per heavy atom. The molecule has 1 amide bonds. The fraction of sp³-hybridized carbons (Fsp3) is 0.286. The molecular weight excluding hydrogens is 370 g/mol. The summed E-state index contributed by atoms with van der Waals surface area (Å²) in [6.45, 7) is 3.62. The fourth-order valence-electron chi connectivity index (χ4n) is 3.74. The number of benzene rings is 2. The Morgan fingerprint density at radius 3 is 2.66 bits per heavy atom. The number of nitrogens with zero attached hydrogens (tertiary/aromatic N) is 4. The molecule has 0 unspecified atom stereocenters. The Kier molecular flexibility index (Phi) is 4.40. The molecule has 2 aromatic carbocycles. The molecule has 29 heavy (non-hydrogen) atoms. The predicted molar refractivity (Wildman–Crippen MR) is 108 cm³/mol. The van der Waals surface area contributed by atoms with E-state index in [0.29, 0.717) is 48.3 Å². The van der Waals surface area contributed by atoms with Gasteiger partial charge in [0.15, 0.2) is 11.5 Å². The maximum atomic E-state index is 12.8. The number of fused-ring (bicyclic) bond motifs is 2. The first kappa shape index (κ1) is 17.7. The Balaban J connectivity index is 1.23. The van der Waals surface area contributed by atoms with Crippen LogP contribution >= 0.6 is 0 Å². The lowest BCUT2D eigenvalue weighted by molar-refractivity contribution is 0.0625. The molecule has 8 heteroatoms. The number of aromatic nitrogens is 2. The zero-order valence-electron chi connectivity index (χ0n) is 15.9. The summed E-state index contributed by atoms with van der Waals surface area (Å²) in [5, 5.41) is 0.871. The molecule has 1 aromatic heterocycles. The number of nitrogens with two attached hydrogens (primary N) is 1. The Hall–Kier alpha value is -3.39. The van der Waals surface area contributed by atoms with E-state index in [0.717, 1.165) is 24.0 Å². The van der Waals surface area contributed by atoms with E-state index in [4.69, 9.17) is 15.2 Å². The highest BCUT2D eigenvalue weighted by molar-refractivity contribution is 5.95. The van der Waals surface area contributed by atoms with Gasteiger partial charge in [-0.15, -0.1) is 0 Å². The van der Waals surface area contributed by atoms with Gasteiger partial charge in [0, 0.05) is 37.1 Å². The number of rotatable bonds is 3. The summed E-state index contributed by atoms with van der Waals surface area (Å²) in [4.78, 5) is 26.0. The van der Waals surface area contributed by atoms with Crippen molar-refractivity contribution in [1.82, 2.24) is 19.8 Å². The Labute approximate surface area is 167 Å². The van der Waals surface area contributed by atoms with Gasteiger partial charge >= 0.3 is 0 Å². The molecule has 0 spiro atoms. The molecule has 1 saturated heterocycles. The monoisotopic (exact) mass is 391 g/mol. The van der Waals surface area contributed by atoms with E-state index in [2.05, 4.69) is 14.9 Å². The van der Waals surface area contributed by atoms with Gasteiger partial charge in [0.25, 0.3) is 5.91 Å². The molecule has 0 radical (unpaired) electrons. The number of para-hydroxylation sites is 1. The number of piperazine rings is 1. The van der Waals surface area contributed by atoms with Gasteiger partial charge in [-0.2, -0.15) is 0 Å². The molecule has 0 atom stereocenters. The number of carbonyl (C=O) groups is 1. The smallest absolute Gasteiger partial charge is 0.254 e. The third-order valence-electron chi connectivity index (χ3n) is 5.32. The topological polar surface area (TPSA) is 93.8 Å². The summed E-state index contributed by atoms with van der Waals surface area (Å²) in [5.74, 6) is 2.52. The summed E-state index contributed by atoms with van der Waals surface area (Å²) in [5.41, 5.74) is 7.56. The quantitative estimate of drug-likeness (QED) is 0.729. The van der Waals surface area contributed by atoms with E-state index >= 15 is 0 Å². The van der Waals surface area contributed by atoms with Crippen LogP contribution < -0.4 is 15.2 Å². The molecule has 1 fully saturated rings. The molecule has 3 heterocycles. The van der Waals surface area contributed by atoms with Gasteiger partial charge in [-0.25, -0.2) is 9.97 Å². The summed E-state index contributed by atoms with van der Waals surface area (Å²) < 4.78 is 10.7. The molecule has 0 aliphatic carbocycles. The van der Waals surface area contributed by atoms with E-state index in [1.165, 1.54) is 0 Å². The first-order valence-corrected chi connectivity index (χ1v) is 9.60. The second-order valence-corrected chi connectivity index (χ2v) is 7.18. The standard InChI is InChI=1S/C21H21N5O3/c22-20-15-3-1-2-4-16(15)23-19(24-20)12-25-7-9-26(10-8-25)21(27)14-5-6-17-18(11-14)29-13-28-17/h1-6,11H,7-10,12-13H2,(H2,22,23,24). The molecule has 2 N–H and O–H groups in total. The van der Waals surface area contributed by atoms with Crippen molar-refractivity contribution in [2.75, 3.05) is 38.7 Å². The van der Waals surface area contributed by atoms with Crippen LogP contribution in [0.4, 0.5) is 5.82 Å². The molecule has 3 aromatic rings. The number of amides is 1. The van der Waals surface area contributed by atoms with Gasteiger partial charge in [0.1, 0.15) is 11.6 Å². The van der Waals surface area contributed by atoms with Gasteiger partial charge in [-0.1, -0.05) is 12.1 Å². The summed E-state index contributed by atoms with van der Waals surface area (Å²) in [6, 6.07) is 13.1. The van der Waals surface area contributed by atoms with Gasteiger partial charge < -0.3 is 20.1 Å². The number of hydrogen-bond acceptors (Lipinski definition) is 7. The maximum absolute atomic E-state index is 12.8. The van der Waals surface area contributed by atoms with Crippen molar-refractivity contribution < 1.29 is 14.3 Å². The molecule has 0 bridgehead atoms. The Morgan fingerprint density at radius 1 is 1.00 bits per heavy atom. The minimum Gasteiger partial charge on any atom is -0.454 e. The van der Waals surface area contributed by atoms with Gasteiger partial charge in [0.2, 0.25) is 6.79 Å². The highest BCUT2D eigenvalue weighted by Gasteiger charge is 2.24. The number of anilines is 1. The lowest BCUT2D eigenvalue weighted by Crippen LogP contribution is -2.48. The molecule has 148 valence electrons. The Bertz CT molecular complexity index is 1080. The molecule has 0 saturated carbocycles. The van der Waals surface area contributed by atoms with Gasteiger partial charge in [-0.05, 0) is 30.3 Å². The first-order chi connectivity index (χ1) is 14.2. The lowest BCUT2D eigenvalue weighted by atomic mass is 10.1. The maximum Gasteiger partial charge on any atom is 0.254 e. The van der Waals surface area contributed by atoms with Crippen LogP contribution in [0.25, 0.3) is 10.9 Å². The lowest BCUT2D eigenvalue weighted by Gasteiger charge is -2.34. The van der Waals surface area contributed by atoms with E-state index < -0.39 is 0 Å². The van der Waals surface area contributed by atoms with Crippen LogP contribution in [0.1, 0.15) is 16.2 Å². The zero-order chi connectivity index (χ0) is 19.8. The number of ether oxygens (including phenoxy) is 2. The van der Waals surface area contributed by atoms with Crippen LogP contribution in [0.3, 0.4) is 0 Å². The largest absolute Gasteiger partial charge is 0.454 e. The second-order valence-electron chi connectivity index (χ2n) is 7.18. The third-order valence-corrected chi connectivity index (χ3v) is 5.32. The highest BCUT2D eigenvalue weighted by atomic mass is 16.7. The molecule has 2 aliphatic rings. The van der Waals surface area contributed by atoms with Crippen LogP contribution in [-0.2, 0) is 6.54 Å². The van der Waals surface area contributed by atoms with E-state index in [-0.39, 0.29) is 12.7 Å². The van der Waals surface area contributed by atoms with Gasteiger partial charge in [0.05, 0.1) is 12.1 Å². The van der Waals surface area contributed by atoms with Crippen LogP contribution in [-0.4, -0.2) is 58.6 Å². The molecule has 2 aliphatic heterocycles. The van der Waals surface area contributed by atoms with Crippen LogP contribution in [0.2, 0.25) is 0 Å². The first-order valence-electron chi connectivity index (χ1n) is 9.60. The summed E-state index contributed by atoms with van der Waals surface area (Å²) in [7, 11) is 0. The van der Waals surface area contributed by atoms with Crippen molar-refractivity contribution in [3.8, 4) is 11.5 Å². The fourth-order valence-corrected chi connectivity index (χ4v) is 3.74. The average molecular weight is 391 g/mol. The van der Waals surface area contributed by atoms with Crippen LogP contribution in [0.5, 0.6) is 11.5 Å². The van der Waals surface area contributed by atoms with E-state index in [1.807, 2.05) is 29.2 Å². The molecular formula is C21H21N5O3. The SMILES string of the molecule is Nc1nc(CN2CCN(C(=O)c3ccc4c(c3)OCO4)CC2)nc2ccccc12. The van der Waals surface area contributed by atoms with Crippen molar-refractivity contribution in [3.05, 3.63) is 53.9 Å². The number of hydrogen-bond donors (Lipinski definition) is 1. The zero-order valence-corrected chi connectivity index (χ0v) is 15.9. The summed E-state index contributed by atoms with van der Waals surface area (Å²) >= 11 is 0. The van der Waals surface area contributed by atoms with Crippen molar-refractivity contribution in [2.24, 2.45) is 0 Å². The minimum atomic E-state index is 0.00847. The molecule has 8 nitrogen and oxygen atoms in total. The highest BCUT2D eigenvalue weighted by Crippen LogP contribution is 2.32. The van der Waals surface area contributed by atoms with E-state index in [1.54, 1.807) is 18.2 Å². The molecule has 5 rings (SSSR count). The summed E-state index contributed by atoms with van der Waals surface area (Å²) in [6.07, 6.45) is 0. The minimum absolute atomic E-state index is 0.00847. The predicted octanol–water partition coefficient (Wildman–Crippen LogP) is 1.90. The van der Waals surface area contributed by atoms with Crippen molar-refractivity contribution in [3.63, 3.8) is 0 Å². The van der Waals surface area contributed by atoms with Crippen LogP contribution in [0.15, 0.2) is 42.5 Å². The third kappa shape index (κ3) is 3.42. The van der Waals surface area contributed by atoms with Gasteiger partial charge in [-0.3, -0.25) is 9.69 Å². The normalized spacial score (nSPS) is 16.3. The van der Waals surface area contributed by atoms with Crippen molar-refractivity contribution in [2.45, 2.75) is 6.54 Å². The average Bonchev–Trinajstić information content (AvgIpc) is 3.22. The number of carbonyl (C=O) groups excluding carboxylic acids is 1. The van der Waals surface area contributed by atoms with E-state index in [9.17, 15) is 4.79 Å². The van der Waals surface area contributed by atoms with Crippen molar-refractivity contribution >= 4 is 22.6 Å². The second kappa shape index (κ2) is 7.21. The number of nitrogen functional groups attached to an aromatic ring is 1.